The molecule has 0 amide bonds. The fourth-order valence-electron chi connectivity index (χ4n) is 4.14. The molecule has 0 unspecified atom stereocenters. The molecular weight excluding hydrogens is 393 g/mol. The van der Waals surface area contributed by atoms with E-state index in [0.29, 0.717) is 29.6 Å². The van der Waals surface area contributed by atoms with Crippen molar-refractivity contribution in [2.24, 2.45) is 0 Å². The summed E-state index contributed by atoms with van der Waals surface area (Å²) < 4.78 is 20.5. The average Bonchev–Trinajstić information content (AvgIpc) is 3.28. The SMILES string of the molecule is Oc1cc(-c2nncs2)ccc1-c1ccc(O[C@H]2C[C@@H]3CCC[C@@H](N3)[C@H]2F)nn1. The normalized spacial score (nSPS) is 26.2. The van der Waals surface area contributed by atoms with Crippen molar-refractivity contribution in [1.82, 2.24) is 25.7 Å². The highest BCUT2D eigenvalue weighted by molar-refractivity contribution is 7.12. The molecule has 2 saturated heterocycles. The van der Waals surface area contributed by atoms with E-state index in [2.05, 4.69) is 25.7 Å². The van der Waals surface area contributed by atoms with E-state index in [0.717, 1.165) is 29.8 Å². The number of nitrogens with one attached hydrogen (secondary N) is 1. The minimum absolute atomic E-state index is 0.0793. The number of fused-ring (bicyclic) bond motifs is 2. The number of alkyl halides is 1. The predicted octanol–water partition coefficient (Wildman–Crippen LogP) is 3.37. The van der Waals surface area contributed by atoms with Crippen molar-refractivity contribution in [3.63, 3.8) is 0 Å². The number of benzene rings is 1. The molecule has 0 radical (unpaired) electrons. The molecular formula is C20H20FN5O2S. The molecule has 29 heavy (non-hydrogen) atoms. The van der Waals surface area contributed by atoms with Gasteiger partial charge in [0.25, 0.3) is 0 Å². The van der Waals surface area contributed by atoms with Gasteiger partial charge in [-0.15, -0.1) is 20.4 Å². The van der Waals surface area contributed by atoms with E-state index in [-0.39, 0.29) is 11.8 Å². The fourth-order valence-corrected chi connectivity index (χ4v) is 4.69. The van der Waals surface area contributed by atoms with E-state index in [1.807, 2.05) is 6.07 Å². The Hall–Kier alpha value is -2.65. The molecule has 0 aliphatic carbocycles. The van der Waals surface area contributed by atoms with Gasteiger partial charge in [0.1, 0.15) is 22.4 Å². The number of halogens is 1. The Morgan fingerprint density at radius 2 is 2.07 bits per heavy atom. The molecule has 1 aromatic carbocycles. The van der Waals surface area contributed by atoms with Crippen LogP contribution in [0.4, 0.5) is 4.39 Å². The van der Waals surface area contributed by atoms with E-state index in [1.165, 1.54) is 11.3 Å². The number of ether oxygens (including phenoxy) is 1. The third-order valence-electron chi connectivity index (χ3n) is 5.57. The first-order chi connectivity index (χ1) is 14.2. The molecule has 150 valence electrons. The van der Waals surface area contributed by atoms with Crippen LogP contribution < -0.4 is 10.1 Å². The van der Waals surface area contributed by atoms with Crippen molar-refractivity contribution in [1.29, 1.82) is 0 Å². The number of nitrogens with zero attached hydrogens (tertiary/aromatic N) is 4. The summed E-state index contributed by atoms with van der Waals surface area (Å²) in [5.41, 5.74) is 3.49. The van der Waals surface area contributed by atoms with Crippen LogP contribution in [0, 0.1) is 0 Å². The summed E-state index contributed by atoms with van der Waals surface area (Å²) in [7, 11) is 0. The lowest BCUT2D eigenvalue weighted by molar-refractivity contribution is 0.00652. The Morgan fingerprint density at radius 3 is 2.83 bits per heavy atom. The van der Waals surface area contributed by atoms with E-state index in [4.69, 9.17) is 4.74 Å². The van der Waals surface area contributed by atoms with Crippen LogP contribution in [0.3, 0.4) is 0 Å². The highest BCUT2D eigenvalue weighted by Crippen LogP contribution is 2.34. The second kappa shape index (κ2) is 7.64. The summed E-state index contributed by atoms with van der Waals surface area (Å²) in [5, 5.41) is 30.6. The van der Waals surface area contributed by atoms with E-state index >= 15 is 0 Å². The molecule has 9 heteroatoms. The van der Waals surface area contributed by atoms with Gasteiger partial charge >= 0.3 is 0 Å². The molecule has 2 N–H and O–H groups in total. The molecule has 2 aliphatic heterocycles. The molecule has 2 fully saturated rings. The highest BCUT2D eigenvalue weighted by atomic mass is 32.1. The number of phenols is 1. The Balaban J connectivity index is 1.31. The second-order valence-electron chi connectivity index (χ2n) is 7.47. The summed E-state index contributed by atoms with van der Waals surface area (Å²) in [4.78, 5) is 0. The monoisotopic (exact) mass is 413 g/mol. The Labute approximate surface area is 171 Å². The van der Waals surface area contributed by atoms with E-state index in [9.17, 15) is 9.50 Å². The fraction of sp³-hybridized carbons (Fsp3) is 0.400. The summed E-state index contributed by atoms with van der Waals surface area (Å²) >= 11 is 1.40. The number of rotatable bonds is 4. The van der Waals surface area contributed by atoms with Crippen LogP contribution in [0.5, 0.6) is 11.6 Å². The van der Waals surface area contributed by atoms with Gasteiger partial charge in [-0.1, -0.05) is 23.8 Å². The van der Waals surface area contributed by atoms with Crippen molar-refractivity contribution >= 4 is 11.3 Å². The second-order valence-corrected chi connectivity index (χ2v) is 8.30. The number of phenolic OH excluding ortho intramolecular Hbond substituents is 1. The zero-order chi connectivity index (χ0) is 19.8. The van der Waals surface area contributed by atoms with Gasteiger partial charge < -0.3 is 15.2 Å². The topological polar surface area (TPSA) is 93.1 Å². The van der Waals surface area contributed by atoms with Crippen molar-refractivity contribution in [2.45, 2.75) is 50.0 Å². The number of hydrogen-bond acceptors (Lipinski definition) is 8. The Morgan fingerprint density at radius 1 is 1.14 bits per heavy atom. The van der Waals surface area contributed by atoms with Gasteiger partial charge in [-0.25, -0.2) is 4.39 Å². The van der Waals surface area contributed by atoms with Crippen LogP contribution in [0.2, 0.25) is 0 Å². The lowest BCUT2D eigenvalue weighted by Crippen LogP contribution is -2.59. The van der Waals surface area contributed by atoms with E-state index in [1.54, 1.807) is 29.8 Å². The van der Waals surface area contributed by atoms with Gasteiger partial charge in [0.15, 0.2) is 6.17 Å². The zero-order valence-electron chi connectivity index (χ0n) is 15.5. The van der Waals surface area contributed by atoms with Gasteiger partial charge in [0.05, 0.1) is 5.69 Å². The van der Waals surface area contributed by atoms with Gasteiger partial charge in [0, 0.05) is 35.7 Å². The molecule has 7 nitrogen and oxygen atoms in total. The largest absolute Gasteiger partial charge is 0.507 e. The van der Waals surface area contributed by atoms with Crippen LogP contribution >= 0.6 is 11.3 Å². The average molecular weight is 413 g/mol. The van der Waals surface area contributed by atoms with Gasteiger partial charge in [-0.3, -0.25) is 0 Å². The maximum Gasteiger partial charge on any atom is 0.233 e. The maximum absolute atomic E-state index is 14.7. The highest BCUT2D eigenvalue weighted by Gasteiger charge is 2.41. The molecule has 2 aromatic heterocycles. The maximum atomic E-state index is 14.7. The minimum Gasteiger partial charge on any atom is -0.507 e. The number of hydrogen-bond donors (Lipinski definition) is 2. The van der Waals surface area contributed by atoms with E-state index < -0.39 is 12.3 Å². The van der Waals surface area contributed by atoms with Crippen LogP contribution in [0.1, 0.15) is 25.7 Å². The predicted molar refractivity (Wildman–Crippen MR) is 107 cm³/mol. The molecule has 4 heterocycles. The summed E-state index contributed by atoms with van der Waals surface area (Å²) in [6, 6.07) is 8.81. The molecule has 2 aliphatic rings. The summed E-state index contributed by atoms with van der Waals surface area (Å²) in [6.45, 7) is 0. The van der Waals surface area contributed by atoms with Crippen molar-refractivity contribution < 1.29 is 14.2 Å². The molecule has 4 atom stereocenters. The van der Waals surface area contributed by atoms with Crippen molar-refractivity contribution in [3.8, 4) is 33.5 Å². The third-order valence-corrected chi connectivity index (χ3v) is 6.31. The van der Waals surface area contributed by atoms with Gasteiger partial charge in [-0.05, 0) is 31.0 Å². The molecule has 3 aromatic rings. The van der Waals surface area contributed by atoms with Crippen LogP contribution in [-0.4, -0.2) is 49.9 Å². The third kappa shape index (κ3) is 3.67. The summed E-state index contributed by atoms with van der Waals surface area (Å²) in [5.74, 6) is 0.377. The first-order valence-electron chi connectivity index (χ1n) is 9.68. The Kier molecular flexibility index (Phi) is 4.84. The van der Waals surface area contributed by atoms with Crippen molar-refractivity contribution in [2.75, 3.05) is 0 Å². The first-order valence-corrected chi connectivity index (χ1v) is 10.6. The quantitative estimate of drug-likeness (QED) is 0.677. The van der Waals surface area contributed by atoms with Crippen molar-refractivity contribution in [3.05, 3.63) is 35.8 Å². The molecule has 0 saturated carbocycles. The number of aromatic nitrogens is 4. The number of aromatic hydroxyl groups is 1. The van der Waals surface area contributed by atoms with Crippen LogP contribution in [-0.2, 0) is 0 Å². The first kappa shape index (κ1) is 18.4. The Bertz CT molecular complexity index is 985. The molecule has 2 bridgehead atoms. The number of piperidine rings is 2. The van der Waals surface area contributed by atoms with Gasteiger partial charge in [-0.2, -0.15) is 0 Å². The minimum atomic E-state index is -1.05. The summed E-state index contributed by atoms with van der Waals surface area (Å²) in [6.07, 6.45) is 2.03. The lowest BCUT2D eigenvalue weighted by atomic mass is 9.84. The van der Waals surface area contributed by atoms with Crippen LogP contribution in [0.25, 0.3) is 21.8 Å². The smallest absolute Gasteiger partial charge is 0.233 e. The van der Waals surface area contributed by atoms with Gasteiger partial charge in [0.2, 0.25) is 5.88 Å². The van der Waals surface area contributed by atoms with Crippen LogP contribution in [0.15, 0.2) is 35.8 Å². The molecule has 0 spiro atoms. The standard InChI is InChI=1S/C20H20FN5O2S/c21-19-15-3-1-2-12(23-15)9-17(19)28-18-7-6-14(24-25-18)13-5-4-11(8-16(13)27)20-26-22-10-29-20/h4-8,10,12,15,17,19,23,27H,1-3,9H2/t12-,15+,17-,19+/m0/s1. The lowest BCUT2D eigenvalue weighted by Gasteiger charge is -2.42. The zero-order valence-corrected chi connectivity index (χ0v) is 16.3. The molecule has 5 rings (SSSR count).